The highest BCUT2D eigenvalue weighted by Crippen LogP contribution is 2.28. The summed E-state index contributed by atoms with van der Waals surface area (Å²) >= 11 is 0. The van der Waals surface area contributed by atoms with Crippen molar-refractivity contribution in [3.05, 3.63) is 48.7 Å². The minimum absolute atomic E-state index is 0.179. The lowest BCUT2D eigenvalue weighted by atomic mass is 10.2. The number of benzene rings is 2. The number of ether oxygens (including phenoxy) is 1. The van der Waals surface area contributed by atoms with Crippen LogP contribution in [0.5, 0.6) is 0 Å². The van der Waals surface area contributed by atoms with Gasteiger partial charge < -0.3 is 25.0 Å². The van der Waals surface area contributed by atoms with Gasteiger partial charge in [0, 0.05) is 56.6 Å². The molecule has 2 fully saturated rings. The number of methoxy groups -OCH3 is 1. The van der Waals surface area contributed by atoms with Gasteiger partial charge in [-0.1, -0.05) is 6.07 Å². The van der Waals surface area contributed by atoms with Gasteiger partial charge in [-0.2, -0.15) is 17.6 Å². The van der Waals surface area contributed by atoms with E-state index in [1.807, 2.05) is 24.3 Å². The molecule has 2 saturated heterocycles. The minimum atomic E-state index is -3.83. The van der Waals surface area contributed by atoms with E-state index in [0.717, 1.165) is 68.9 Å². The van der Waals surface area contributed by atoms with E-state index < -0.39 is 10.0 Å². The average Bonchev–Trinajstić information content (AvgIpc) is 3.44. The molecule has 0 amide bonds. The first-order valence-corrected chi connectivity index (χ1v) is 13.1. The second-order valence-corrected chi connectivity index (χ2v) is 10.3. The van der Waals surface area contributed by atoms with Crippen LogP contribution in [-0.2, 0) is 19.6 Å². The molecular weight excluding hydrogens is 470 g/mol. The quantitative estimate of drug-likeness (QED) is 0.506. The molecule has 1 atom stereocenters. The normalized spacial score (nSPS) is 18.7. The summed E-state index contributed by atoms with van der Waals surface area (Å²) in [6.45, 7) is 5.12. The summed E-state index contributed by atoms with van der Waals surface area (Å²) in [5, 5.41) is 15.4. The lowest BCUT2D eigenvalue weighted by Gasteiger charge is -2.22. The third kappa shape index (κ3) is 5.42. The molecule has 0 bridgehead atoms. The van der Waals surface area contributed by atoms with Crippen LogP contribution in [0.2, 0.25) is 0 Å². The lowest BCUT2D eigenvalue weighted by molar-refractivity contribution is -0.122. The summed E-state index contributed by atoms with van der Waals surface area (Å²) in [5.41, 5.74) is 2.51. The number of aromatic nitrogens is 2. The number of hydrogen-bond acceptors (Lipinski definition) is 8. The summed E-state index contributed by atoms with van der Waals surface area (Å²) in [7, 11) is -2.11. The third-order valence-electron chi connectivity index (χ3n) is 6.41. The predicted molar refractivity (Wildman–Crippen MR) is 135 cm³/mol. The molecule has 2 aliphatic rings. The Morgan fingerprint density at radius 3 is 2.66 bits per heavy atom. The second-order valence-electron chi connectivity index (χ2n) is 8.52. The maximum absolute atomic E-state index is 13.6. The minimum Gasteiger partial charge on any atom is -0.483 e. The molecule has 10 nitrogen and oxygen atoms in total. The monoisotopic (exact) mass is 501 g/mol. The number of anilines is 2. The molecule has 5 rings (SSSR count). The zero-order valence-corrected chi connectivity index (χ0v) is 20.5. The molecule has 3 heterocycles. The van der Waals surface area contributed by atoms with Crippen LogP contribution >= 0.6 is 0 Å². The van der Waals surface area contributed by atoms with Crippen molar-refractivity contribution in [2.75, 3.05) is 56.2 Å². The Balaban J connectivity index is 0.000000917. The first kappa shape index (κ1) is 25.0. The Hall–Kier alpha value is -3.15. The molecule has 3 aromatic rings. The van der Waals surface area contributed by atoms with Crippen molar-refractivity contribution in [3.8, 4) is 0 Å². The van der Waals surface area contributed by atoms with E-state index in [2.05, 4.69) is 20.2 Å². The van der Waals surface area contributed by atoms with Crippen LogP contribution in [0.1, 0.15) is 12.8 Å². The summed E-state index contributed by atoms with van der Waals surface area (Å²) in [5.74, 6) is 0. The van der Waals surface area contributed by atoms with E-state index in [1.165, 1.54) is 4.09 Å². The number of rotatable bonds is 5. The Bertz CT molecular complexity index is 1250. The predicted octanol–water partition coefficient (Wildman–Crippen LogP) is 2.00. The largest absolute Gasteiger partial charge is 0.483 e. The van der Waals surface area contributed by atoms with Crippen LogP contribution in [0, 0.1) is 0 Å². The fourth-order valence-corrected chi connectivity index (χ4v) is 5.88. The first-order valence-electron chi connectivity index (χ1n) is 11.6. The fraction of sp³-hybridized carbons (Fsp3) is 0.417. The molecule has 0 saturated carbocycles. The Labute approximate surface area is 205 Å². The number of nitrogens with zero attached hydrogens (tertiary/aromatic N) is 4. The van der Waals surface area contributed by atoms with Crippen molar-refractivity contribution in [2.24, 2.45) is 0 Å². The van der Waals surface area contributed by atoms with Gasteiger partial charge in [0.25, 0.3) is 16.5 Å². The van der Waals surface area contributed by atoms with Gasteiger partial charge in [-0.3, -0.25) is 4.79 Å². The van der Waals surface area contributed by atoms with E-state index in [-0.39, 0.29) is 17.5 Å². The van der Waals surface area contributed by atoms with E-state index in [9.17, 15) is 8.42 Å². The van der Waals surface area contributed by atoms with E-state index in [1.54, 1.807) is 31.5 Å². The van der Waals surface area contributed by atoms with Crippen molar-refractivity contribution in [1.29, 1.82) is 0 Å². The van der Waals surface area contributed by atoms with Crippen LogP contribution in [0.4, 0.5) is 11.4 Å². The number of hydrogen-bond donors (Lipinski definition) is 2. The van der Waals surface area contributed by atoms with Gasteiger partial charge in [-0.05, 0) is 55.8 Å². The fourth-order valence-electron chi connectivity index (χ4n) is 4.57. The van der Waals surface area contributed by atoms with Crippen molar-refractivity contribution in [2.45, 2.75) is 23.8 Å². The maximum atomic E-state index is 13.6. The van der Waals surface area contributed by atoms with E-state index in [0.29, 0.717) is 5.52 Å². The Morgan fingerprint density at radius 1 is 1.09 bits per heavy atom. The van der Waals surface area contributed by atoms with Crippen molar-refractivity contribution >= 4 is 38.8 Å². The molecule has 2 N–H and O–H groups in total. The SMILES string of the molecule is COC1CCN(c2cccc(S(=O)(=O)n3ncc4ccc(N5CCCNCC5)cc43)c2)C1.O=CO. The zero-order valence-electron chi connectivity index (χ0n) is 19.7. The van der Waals surface area contributed by atoms with Gasteiger partial charge in [0.1, 0.15) is 0 Å². The molecule has 188 valence electrons. The lowest BCUT2D eigenvalue weighted by Crippen LogP contribution is -2.27. The molecule has 1 aromatic heterocycles. The highest BCUT2D eigenvalue weighted by Gasteiger charge is 2.25. The second kappa shape index (κ2) is 11.1. The van der Waals surface area contributed by atoms with Gasteiger partial charge >= 0.3 is 0 Å². The molecule has 2 aromatic carbocycles. The molecule has 35 heavy (non-hydrogen) atoms. The molecule has 0 aliphatic carbocycles. The Morgan fingerprint density at radius 2 is 1.89 bits per heavy atom. The smallest absolute Gasteiger partial charge is 0.290 e. The van der Waals surface area contributed by atoms with Crippen molar-refractivity contribution < 1.29 is 23.1 Å². The van der Waals surface area contributed by atoms with Crippen molar-refractivity contribution in [1.82, 2.24) is 14.5 Å². The number of nitrogens with one attached hydrogen (secondary N) is 1. The third-order valence-corrected chi connectivity index (χ3v) is 8.01. The number of carbonyl (C=O) groups is 1. The molecule has 0 radical (unpaired) electrons. The van der Waals surface area contributed by atoms with Crippen LogP contribution in [0.15, 0.2) is 53.6 Å². The van der Waals surface area contributed by atoms with Gasteiger partial charge in [0.15, 0.2) is 0 Å². The zero-order chi connectivity index (χ0) is 24.8. The standard InChI is InChI=1S/C23H29N5O3S.CH2O2/c1-31-21-8-12-27(17-21)19-4-2-5-22(14-19)32(29,30)28-23-15-20(7-6-18(23)16-25-28)26-11-3-9-24-10-13-26;2-1-3/h2,4-7,14-16,21,24H,3,8-13,17H2,1H3;1H,(H,2,3). The van der Waals surface area contributed by atoms with E-state index in [4.69, 9.17) is 14.6 Å². The van der Waals surface area contributed by atoms with Crippen LogP contribution < -0.4 is 15.1 Å². The maximum Gasteiger partial charge on any atom is 0.290 e. The highest BCUT2D eigenvalue weighted by atomic mass is 32.2. The van der Waals surface area contributed by atoms with E-state index >= 15 is 0 Å². The summed E-state index contributed by atoms with van der Waals surface area (Å²) in [6.07, 6.45) is 3.79. The summed E-state index contributed by atoms with van der Waals surface area (Å²) in [4.78, 5) is 13.1. The van der Waals surface area contributed by atoms with Crippen LogP contribution in [0.25, 0.3) is 10.9 Å². The van der Waals surface area contributed by atoms with Gasteiger partial charge in [-0.15, -0.1) is 0 Å². The molecule has 11 heteroatoms. The highest BCUT2D eigenvalue weighted by molar-refractivity contribution is 7.90. The first-order chi connectivity index (χ1) is 17.0. The van der Waals surface area contributed by atoms with Gasteiger partial charge in [0.05, 0.1) is 22.7 Å². The Kier molecular flexibility index (Phi) is 7.89. The van der Waals surface area contributed by atoms with Crippen LogP contribution in [-0.4, -0.2) is 81.7 Å². The topological polar surface area (TPSA) is 117 Å². The van der Waals surface area contributed by atoms with Gasteiger partial charge in [-0.25, -0.2) is 0 Å². The average molecular weight is 502 g/mol. The molecule has 2 aliphatic heterocycles. The number of carboxylic acid groups (broad SMARTS) is 1. The molecule has 1 unspecified atom stereocenters. The van der Waals surface area contributed by atoms with Crippen molar-refractivity contribution in [3.63, 3.8) is 0 Å². The molecular formula is C24H31N5O5S. The number of fused-ring (bicyclic) bond motifs is 1. The van der Waals surface area contributed by atoms with Crippen LogP contribution in [0.3, 0.4) is 0 Å². The molecule has 0 spiro atoms. The van der Waals surface area contributed by atoms with Gasteiger partial charge in [0.2, 0.25) is 0 Å². The summed E-state index contributed by atoms with van der Waals surface area (Å²) in [6, 6.07) is 13.1. The summed E-state index contributed by atoms with van der Waals surface area (Å²) < 4.78 is 33.8.